The van der Waals surface area contributed by atoms with Gasteiger partial charge in [-0.2, -0.15) is 5.10 Å². The number of benzene rings is 1. The lowest BCUT2D eigenvalue weighted by atomic mass is 10.2. The number of H-pyrrole nitrogens is 1. The Kier molecular flexibility index (Phi) is 2.80. The second-order valence-electron chi connectivity index (χ2n) is 4.48. The number of carbonyl (C=O) groups excluding carboxylic acids is 1. The zero-order chi connectivity index (χ0) is 12.4. The van der Waals surface area contributed by atoms with Gasteiger partial charge < -0.3 is 4.90 Å². The number of carbonyl (C=O) groups is 1. The molecule has 5 nitrogen and oxygen atoms in total. The minimum absolute atomic E-state index is 0.0705. The summed E-state index contributed by atoms with van der Waals surface area (Å²) >= 11 is 0. The number of aromatic nitrogens is 3. The molecular formula is C13H14N4O. The molecule has 1 amide bonds. The first-order valence-electron chi connectivity index (χ1n) is 6.05. The van der Waals surface area contributed by atoms with Gasteiger partial charge in [-0.3, -0.25) is 9.89 Å². The van der Waals surface area contributed by atoms with Crippen LogP contribution in [0.1, 0.15) is 29.0 Å². The van der Waals surface area contributed by atoms with Gasteiger partial charge in [0.25, 0.3) is 5.91 Å². The molecule has 1 saturated carbocycles. The number of aromatic amines is 1. The van der Waals surface area contributed by atoms with Crippen molar-refractivity contribution >= 4 is 5.91 Å². The van der Waals surface area contributed by atoms with Gasteiger partial charge in [0.2, 0.25) is 5.82 Å². The molecule has 0 atom stereocenters. The van der Waals surface area contributed by atoms with Crippen molar-refractivity contribution in [3.05, 3.63) is 48.0 Å². The molecule has 1 aromatic carbocycles. The fourth-order valence-corrected chi connectivity index (χ4v) is 1.98. The summed E-state index contributed by atoms with van der Waals surface area (Å²) in [7, 11) is 0. The molecule has 0 unspecified atom stereocenters. The molecule has 92 valence electrons. The van der Waals surface area contributed by atoms with Crippen molar-refractivity contribution < 1.29 is 4.79 Å². The van der Waals surface area contributed by atoms with Crippen molar-refractivity contribution in [1.82, 2.24) is 20.1 Å². The van der Waals surface area contributed by atoms with Crippen molar-refractivity contribution in [3.63, 3.8) is 0 Å². The topological polar surface area (TPSA) is 61.9 Å². The standard InChI is InChI=1S/C13H14N4O/c18-13(12-14-9-15-16-12)17(11-6-7-11)8-10-4-2-1-3-5-10/h1-5,9,11H,6-8H2,(H,14,15,16). The van der Waals surface area contributed by atoms with Crippen molar-refractivity contribution in [3.8, 4) is 0 Å². The van der Waals surface area contributed by atoms with Gasteiger partial charge in [0.05, 0.1) is 0 Å². The first-order valence-corrected chi connectivity index (χ1v) is 6.05. The predicted octanol–water partition coefficient (Wildman–Crippen LogP) is 1.61. The molecule has 1 aromatic heterocycles. The van der Waals surface area contributed by atoms with E-state index in [2.05, 4.69) is 15.2 Å². The van der Waals surface area contributed by atoms with Crippen LogP contribution in [0, 0.1) is 0 Å². The maximum absolute atomic E-state index is 12.3. The molecule has 2 aromatic rings. The lowest BCUT2D eigenvalue weighted by Gasteiger charge is -2.21. The summed E-state index contributed by atoms with van der Waals surface area (Å²) in [5.74, 6) is 0.247. The third-order valence-electron chi connectivity index (χ3n) is 3.06. The SMILES string of the molecule is O=C(c1ncn[nH]1)N(Cc1ccccc1)C1CC1. The van der Waals surface area contributed by atoms with Crippen LogP contribution in [-0.2, 0) is 6.54 Å². The normalized spacial score (nSPS) is 14.4. The van der Waals surface area contributed by atoms with E-state index in [4.69, 9.17) is 0 Å². The van der Waals surface area contributed by atoms with Crippen LogP contribution < -0.4 is 0 Å². The van der Waals surface area contributed by atoms with E-state index in [-0.39, 0.29) is 5.91 Å². The average molecular weight is 242 g/mol. The van der Waals surface area contributed by atoms with Crippen LogP contribution in [0.5, 0.6) is 0 Å². The minimum Gasteiger partial charge on any atom is -0.329 e. The zero-order valence-electron chi connectivity index (χ0n) is 9.91. The zero-order valence-corrected chi connectivity index (χ0v) is 9.91. The summed E-state index contributed by atoms with van der Waals surface area (Å²) in [6.07, 6.45) is 3.51. The molecule has 0 bridgehead atoms. The van der Waals surface area contributed by atoms with Crippen molar-refractivity contribution in [2.75, 3.05) is 0 Å². The van der Waals surface area contributed by atoms with E-state index in [1.165, 1.54) is 6.33 Å². The molecule has 1 heterocycles. The molecule has 1 aliphatic rings. The van der Waals surface area contributed by atoms with Crippen molar-refractivity contribution in [1.29, 1.82) is 0 Å². The smallest absolute Gasteiger partial charge is 0.291 e. The van der Waals surface area contributed by atoms with Gasteiger partial charge in [-0.15, -0.1) is 0 Å². The number of hydrogen-bond donors (Lipinski definition) is 1. The summed E-state index contributed by atoms with van der Waals surface area (Å²) in [6.45, 7) is 0.630. The molecule has 0 saturated heterocycles. The predicted molar refractivity (Wildman–Crippen MR) is 65.7 cm³/mol. The molecular weight excluding hydrogens is 228 g/mol. The van der Waals surface area contributed by atoms with Gasteiger partial charge >= 0.3 is 0 Å². The monoisotopic (exact) mass is 242 g/mol. The maximum Gasteiger partial charge on any atom is 0.291 e. The molecule has 3 rings (SSSR count). The highest BCUT2D eigenvalue weighted by molar-refractivity contribution is 5.90. The van der Waals surface area contributed by atoms with Gasteiger partial charge in [0, 0.05) is 12.6 Å². The number of rotatable bonds is 4. The van der Waals surface area contributed by atoms with E-state index in [9.17, 15) is 4.79 Å². The second-order valence-corrected chi connectivity index (χ2v) is 4.48. The van der Waals surface area contributed by atoms with Crippen LogP contribution in [0.25, 0.3) is 0 Å². The van der Waals surface area contributed by atoms with E-state index in [0.717, 1.165) is 18.4 Å². The van der Waals surface area contributed by atoms with Gasteiger partial charge in [-0.25, -0.2) is 4.98 Å². The molecule has 18 heavy (non-hydrogen) atoms. The summed E-state index contributed by atoms with van der Waals surface area (Å²) in [4.78, 5) is 18.1. The van der Waals surface area contributed by atoms with E-state index >= 15 is 0 Å². The Bertz CT molecular complexity index is 519. The van der Waals surface area contributed by atoms with Gasteiger partial charge in [0.15, 0.2) is 0 Å². The second kappa shape index (κ2) is 4.60. The molecule has 0 aliphatic heterocycles. The Morgan fingerprint density at radius 3 is 2.72 bits per heavy atom. The highest BCUT2D eigenvalue weighted by atomic mass is 16.2. The average Bonchev–Trinajstić information content (AvgIpc) is 3.10. The van der Waals surface area contributed by atoms with Crippen LogP contribution in [0.15, 0.2) is 36.7 Å². The molecule has 0 radical (unpaired) electrons. The minimum atomic E-state index is -0.0705. The van der Waals surface area contributed by atoms with Crippen molar-refractivity contribution in [2.45, 2.75) is 25.4 Å². The van der Waals surface area contributed by atoms with Crippen LogP contribution in [0.4, 0.5) is 0 Å². The van der Waals surface area contributed by atoms with Crippen LogP contribution in [0.2, 0.25) is 0 Å². The molecule has 1 aliphatic carbocycles. The number of nitrogens with one attached hydrogen (secondary N) is 1. The van der Waals surface area contributed by atoms with Crippen LogP contribution in [-0.4, -0.2) is 32.0 Å². The summed E-state index contributed by atoms with van der Waals surface area (Å²) in [5.41, 5.74) is 1.14. The third-order valence-corrected chi connectivity index (χ3v) is 3.06. The summed E-state index contributed by atoms with van der Waals surface area (Å²) in [5, 5.41) is 6.36. The quantitative estimate of drug-likeness (QED) is 0.886. The Labute approximate surface area is 105 Å². The molecule has 0 spiro atoms. The van der Waals surface area contributed by atoms with E-state index in [0.29, 0.717) is 18.4 Å². The van der Waals surface area contributed by atoms with Gasteiger partial charge in [-0.05, 0) is 18.4 Å². The summed E-state index contributed by atoms with van der Waals surface area (Å²) < 4.78 is 0. The Hall–Kier alpha value is -2.17. The highest BCUT2D eigenvalue weighted by Crippen LogP contribution is 2.29. The summed E-state index contributed by atoms with van der Waals surface area (Å²) in [6, 6.07) is 10.4. The first-order chi connectivity index (χ1) is 8.84. The maximum atomic E-state index is 12.3. The Balaban J connectivity index is 1.79. The molecule has 1 N–H and O–H groups in total. The number of amides is 1. The van der Waals surface area contributed by atoms with E-state index < -0.39 is 0 Å². The lowest BCUT2D eigenvalue weighted by molar-refractivity contribution is 0.0718. The fraction of sp³-hybridized carbons (Fsp3) is 0.308. The van der Waals surface area contributed by atoms with Gasteiger partial charge in [-0.1, -0.05) is 30.3 Å². The Morgan fingerprint density at radius 1 is 1.33 bits per heavy atom. The molecule has 1 fully saturated rings. The van der Waals surface area contributed by atoms with Crippen LogP contribution >= 0.6 is 0 Å². The van der Waals surface area contributed by atoms with Gasteiger partial charge in [0.1, 0.15) is 6.33 Å². The van der Waals surface area contributed by atoms with Crippen LogP contribution in [0.3, 0.4) is 0 Å². The van der Waals surface area contributed by atoms with E-state index in [1.54, 1.807) is 0 Å². The van der Waals surface area contributed by atoms with E-state index in [1.807, 2.05) is 35.2 Å². The fourth-order valence-electron chi connectivity index (χ4n) is 1.98. The lowest BCUT2D eigenvalue weighted by Crippen LogP contribution is -2.33. The largest absolute Gasteiger partial charge is 0.329 e. The number of hydrogen-bond acceptors (Lipinski definition) is 3. The number of nitrogens with zero attached hydrogens (tertiary/aromatic N) is 3. The van der Waals surface area contributed by atoms with Crippen molar-refractivity contribution in [2.24, 2.45) is 0 Å². The Morgan fingerprint density at radius 2 is 2.11 bits per heavy atom. The first kappa shape index (κ1) is 11.0. The third kappa shape index (κ3) is 2.25. The highest BCUT2D eigenvalue weighted by Gasteiger charge is 2.34. The molecule has 5 heteroatoms.